The van der Waals surface area contributed by atoms with Crippen LogP contribution in [0.1, 0.15) is 112 Å². The number of aromatic hydroxyl groups is 1. The molecule has 0 bridgehead atoms. The summed E-state index contributed by atoms with van der Waals surface area (Å²) < 4.78 is 22.0. The van der Waals surface area contributed by atoms with E-state index in [1.165, 1.54) is 19.3 Å². The van der Waals surface area contributed by atoms with Crippen molar-refractivity contribution in [1.82, 2.24) is 5.32 Å². The smallest absolute Gasteiger partial charge is 0.343 e. The first kappa shape index (κ1) is 47.5. The zero-order valence-corrected chi connectivity index (χ0v) is 35.4. The highest BCUT2D eigenvalue weighted by Crippen LogP contribution is 2.20. The van der Waals surface area contributed by atoms with Crippen molar-refractivity contribution in [3.63, 3.8) is 0 Å². The predicted octanol–water partition coefficient (Wildman–Crippen LogP) is 8.12. The third kappa shape index (κ3) is 18.5. The van der Waals surface area contributed by atoms with Crippen molar-refractivity contribution in [3.8, 4) is 17.2 Å². The molecule has 0 heterocycles. The molecule has 0 aliphatic carbocycles. The van der Waals surface area contributed by atoms with E-state index in [4.69, 9.17) is 35.5 Å². The van der Waals surface area contributed by atoms with E-state index in [0.29, 0.717) is 35.6 Å². The lowest BCUT2D eigenvalue weighted by Gasteiger charge is -2.25. The van der Waals surface area contributed by atoms with Gasteiger partial charge in [0.2, 0.25) is 0 Å². The summed E-state index contributed by atoms with van der Waals surface area (Å²) in [4.78, 5) is 50.1. The number of amides is 1. The van der Waals surface area contributed by atoms with Crippen molar-refractivity contribution in [2.45, 2.75) is 117 Å². The fraction of sp³-hybridized carbons (Fsp3) is 0.404. The Morgan fingerprint density at radius 3 is 1.73 bits per heavy atom. The Morgan fingerprint density at radius 2 is 1.15 bits per heavy atom. The summed E-state index contributed by atoms with van der Waals surface area (Å²) in [5.74, 6) is -0.600. The van der Waals surface area contributed by atoms with Crippen LogP contribution in [0.25, 0.3) is 0 Å². The SMILES string of the molecule is CC(C)(C)OC(=O)[C@@H](N)Cc1ccc(O)cc1.CCCCCCCOc1ccc(C(=O)Oc2ccc(C[C@H](NC(=O)c3ccc(N)cc3)C(=O)OC(C)(C)C)cc2)cc1. The van der Waals surface area contributed by atoms with Crippen molar-refractivity contribution in [2.24, 2.45) is 5.73 Å². The van der Waals surface area contributed by atoms with Crippen LogP contribution in [0, 0.1) is 0 Å². The van der Waals surface area contributed by atoms with E-state index < -0.39 is 47.1 Å². The number of ether oxygens (including phenoxy) is 4. The third-order valence-corrected chi connectivity index (χ3v) is 8.45. The monoisotopic (exact) mass is 811 g/mol. The summed E-state index contributed by atoms with van der Waals surface area (Å²) in [6.45, 7) is 13.6. The first-order valence-electron chi connectivity index (χ1n) is 20.0. The normalized spacial score (nSPS) is 12.2. The molecule has 1 amide bonds. The molecule has 6 N–H and O–H groups in total. The maximum Gasteiger partial charge on any atom is 0.343 e. The van der Waals surface area contributed by atoms with E-state index in [2.05, 4.69) is 12.2 Å². The second-order valence-electron chi connectivity index (χ2n) is 16.2. The lowest BCUT2D eigenvalue weighted by molar-refractivity contribution is -0.157. The molecule has 0 unspecified atom stereocenters. The Bertz CT molecular complexity index is 1910. The van der Waals surface area contributed by atoms with Gasteiger partial charge < -0.3 is 40.8 Å². The van der Waals surface area contributed by atoms with Gasteiger partial charge in [-0.05, 0) is 138 Å². The molecule has 0 saturated heterocycles. The molecule has 0 radical (unpaired) electrons. The van der Waals surface area contributed by atoms with Crippen LogP contribution in [0.5, 0.6) is 17.2 Å². The summed E-state index contributed by atoms with van der Waals surface area (Å²) in [6.07, 6.45) is 6.42. The second kappa shape index (κ2) is 22.9. The summed E-state index contributed by atoms with van der Waals surface area (Å²) in [7, 11) is 0. The number of hydrogen-bond donors (Lipinski definition) is 4. The largest absolute Gasteiger partial charge is 0.508 e. The van der Waals surface area contributed by atoms with E-state index in [1.807, 2.05) is 0 Å². The number of phenolic OH excluding ortho intramolecular Hbond substituents is 1. The van der Waals surface area contributed by atoms with Crippen molar-refractivity contribution in [3.05, 3.63) is 119 Å². The number of nitrogens with one attached hydrogen (secondary N) is 1. The van der Waals surface area contributed by atoms with Crippen LogP contribution < -0.4 is 26.3 Å². The number of esters is 3. The number of nitrogen functional groups attached to an aromatic ring is 1. The maximum absolute atomic E-state index is 13.0. The number of nitrogens with two attached hydrogens (primary N) is 2. The average Bonchev–Trinajstić information content (AvgIpc) is 3.17. The average molecular weight is 812 g/mol. The summed E-state index contributed by atoms with van der Waals surface area (Å²) in [5, 5.41) is 11.9. The van der Waals surface area contributed by atoms with E-state index in [-0.39, 0.29) is 12.2 Å². The topological polar surface area (TPSA) is 190 Å². The fourth-order valence-electron chi connectivity index (χ4n) is 5.47. The molecular weight excluding hydrogens is 751 g/mol. The van der Waals surface area contributed by atoms with Gasteiger partial charge in [0.15, 0.2) is 0 Å². The van der Waals surface area contributed by atoms with E-state index in [0.717, 1.165) is 29.7 Å². The highest BCUT2D eigenvalue weighted by atomic mass is 16.6. The first-order valence-corrected chi connectivity index (χ1v) is 20.0. The van der Waals surface area contributed by atoms with Gasteiger partial charge >= 0.3 is 17.9 Å². The molecule has 4 aromatic rings. The van der Waals surface area contributed by atoms with Crippen molar-refractivity contribution in [2.75, 3.05) is 12.3 Å². The summed E-state index contributed by atoms with van der Waals surface area (Å²) in [6, 6.07) is 25.1. The van der Waals surface area contributed by atoms with Gasteiger partial charge in [-0.1, -0.05) is 56.9 Å². The number of benzene rings is 4. The van der Waals surface area contributed by atoms with Gasteiger partial charge in [0, 0.05) is 17.7 Å². The number of carbonyl (C=O) groups excluding carboxylic acids is 4. The summed E-state index contributed by atoms with van der Waals surface area (Å²) in [5.41, 5.74) is 13.2. The molecule has 0 spiro atoms. The Labute approximate surface area is 348 Å². The third-order valence-electron chi connectivity index (χ3n) is 8.45. The van der Waals surface area contributed by atoms with Gasteiger partial charge in [0.1, 0.15) is 40.5 Å². The molecule has 12 nitrogen and oxygen atoms in total. The zero-order valence-electron chi connectivity index (χ0n) is 35.4. The lowest BCUT2D eigenvalue weighted by Crippen LogP contribution is -2.45. The number of phenols is 1. The van der Waals surface area contributed by atoms with E-state index >= 15 is 0 Å². The van der Waals surface area contributed by atoms with Crippen LogP contribution in [-0.4, -0.2) is 58.8 Å². The van der Waals surface area contributed by atoms with Gasteiger partial charge in [-0.25, -0.2) is 9.59 Å². The van der Waals surface area contributed by atoms with E-state index in [1.54, 1.807) is 139 Å². The molecule has 0 aliphatic rings. The molecule has 0 aromatic heterocycles. The molecule has 4 aromatic carbocycles. The molecule has 59 heavy (non-hydrogen) atoms. The minimum atomic E-state index is -0.931. The summed E-state index contributed by atoms with van der Waals surface area (Å²) >= 11 is 0. The minimum Gasteiger partial charge on any atom is -0.508 e. The standard InChI is InChI=1S/C34H42N2O6.C13H19NO3/c1-5-6-7-8-9-22-40-28-20-14-26(15-21-28)32(38)41-29-18-10-24(11-19-29)23-30(33(39)42-34(2,3)4)36-31(37)25-12-16-27(35)17-13-25;1-13(2,3)17-12(16)11(14)8-9-4-6-10(15)7-5-9/h10-21,30H,5-9,22-23,35H2,1-4H3,(H,36,37);4-7,11,15H,8,14H2,1-3H3/t30-;11-/m00/s1. The lowest BCUT2D eigenvalue weighted by atomic mass is 10.0. The van der Waals surface area contributed by atoms with Crippen LogP contribution in [0.4, 0.5) is 5.69 Å². The number of anilines is 1. The fourth-order valence-corrected chi connectivity index (χ4v) is 5.47. The number of carbonyl (C=O) groups is 4. The van der Waals surface area contributed by atoms with Gasteiger partial charge in [-0.2, -0.15) is 0 Å². The van der Waals surface area contributed by atoms with Gasteiger partial charge in [0.25, 0.3) is 5.91 Å². The van der Waals surface area contributed by atoms with Crippen molar-refractivity contribution >= 4 is 29.5 Å². The van der Waals surface area contributed by atoms with Crippen LogP contribution in [0.2, 0.25) is 0 Å². The van der Waals surface area contributed by atoms with Crippen LogP contribution in [-0.2, 0) is 31.9 Å². The quantitative estimate of drug-likeness (QED) is 0.0349. The van der Waals surface area contributed by atoms with Gasteiger partial charge in [0.05, 0.1) is 12.2 Å². The number of hydrogen-bond acceptors (Lipinski definition) is 11. The number of rotatable bonds is 17. The highest BCUT2D eigenvalue weighted by Gasteiger charge is 2.28. The van der Waals surface area contributed by atoms with Gasteiger partial charge in [-0.15, -0.1) is 0 Å². The van der Waals surface area contributed by atoms with Crippen molar-refractivity contribution in [1.29, 1.82) is 0 Å². The molecular formula is C47H61N3O9. The highest BCUT2D eigenvalue weighted by molar-refractivity contribution is 5.97. The Balaban J connectivity index is 0.000000456. The Morgan fingerprint density at radius 1 is 0.644 bits per heavy atom. The molecule has 0 aliphatic heterocycles. The number of unbranched alkanes of at least 4 members (excludes halogenated alkanes) is 4. The van der Waals surface area contributed by atoms with Crippen LogP contribution in [0.15, 0.2) is 97.1 Å². The molecule has 4 rings (SSSR count). The van der Waals surface area contributed by atoms with Gasteiger partial charge in [-0.3, -0.25) is 9.59 Å². The zero-order chi connectivity index (χ0) is 43.6. The van der Waals surface area contributed by atoms with Crippen LogP contribution in [0.3, 0.4) is 0 Å². The molecule has 318 valence electrons. The Kier molecular flexibility index (Phi) is 18.4. The first-order chi connectivity index (χ1) is 27.8. The molecule has 0 saturated carbocycles. The molecule has 0 fully saturated rings. The Hall–Kier alpha value is -5.88. The second-order valence-corrected chi connectivity index (χ2v) is 16.2. The van der Waals surface area contributed by atoms with Crippen LogP contribution >= 0.6 is 0 Å². The predicted molar refractivity (Wildman–Crippen MR) is 229 cm³/mol. The maximum atomic E-state index is 13.0. The minimum absolute atomic E-state index is 0.184. The van der Waals surface area contributed by atoms with E-state index in [9.17, 15) is 19.2 Å². The van der Waals surface area contributed by atoms with Crippen molar-refractivity contribution < 1.29 is 43.2 Å². The molecule has 12 heteroatoms. The molecule has 2 atom stereocenters.